The predicted molar refractivity (Wildman–Crippen MR) is 81.1 cm³/mol. The lowest BCUT2D eigenvalue weighted by Gasteiger charge is -2.31. The highest BCUT2D eigenvalue weighted by molar-refractivity contribution is 5.59. The molecule has 1 fully saturated rings. The molecule has 1 aliphatic rings. The van der Waals surface area contributed by atoms with Gasteiger partial charge in [0.25, 0.3) is 0 Å². The highest BCUT2D eigenvalue weighted by Gasteiger charge is 2.35. The Morgan fingerprint density at radius 2 is 1.83 bits per heavy atom. The van der Waals surface area contributed by atoms with Crippen molar-refractivity contribution in [2.24, 2.45) is 7.05 Å². The number of alkyl halides is 3. The molecule has 2 heterocycles. The average Bonchev–Trinajstić information content (AvgIpc) is 2.86. The number of imidazole rings is 1. The number of hydrogen-bond donors (Lipinski definition) is 1. The molecule has 1 aromatic carbocycles. The molecule has 1 N–H and O–H groups in total. The zero-order valence-corrected chi connectivity index (χ0v) is 12.6. The van der Waals surface area contributed by atoms with E-state index in [-0.39, 0.29) is 17.1 Å². The fourth-order valence-corrected chi connectivity index (χ4v) is 2.74. The van der Waals surface area contributed by atoms with Gasteiger partial charge in [-0.1, -0.05) is 0 Å². The summed E-state index contributed by atoms with van der Waals surface area (Å²) in [5, 5.41) is 3.12. The van der Waals surface area contributed by atoms with Crippen LogP contribution in [0, 0.1) is 0 Å². The first kappa shape index (κ1) is 15.7. The first-order chi connectivity index (χ1) is 10.9. The number of hydrogen-bond acceptors (Lipinski definition) is 3. The number of nitrogens with one attached hydrogen (secondary N) is 1. The Kier molecular flexibility index (Phi) is 3.93. The summed E-state index contributed by atoms with van der Waals surface area (Å²) in [6.45, 7) is 2.34. The van der Waals surface area contributed by atoms with E-state index in [9.17, 15) is 18.0 Å². The maximum atomic E-state index is 13.5. The molecule has 0 saturated carbocycles. The molecule has 23 heavy (non-hydrogen) atoms. The van der Waals surface area contributed by atoms with Crippen molar-refractivity contribution in [3.05, 3.63) is 46.6 Å². The molecular weight excluding hydrogens is 309 g/mol. The Bertz CT molecular complexity index is 757. The minimum absolute atomic E-state index is 0.159. The molecule has 8 heteroatoms. The largest absolute Gasteiger partial charge is 0.418 e. The van der Waals surface area contributed by atoms with Crippen molar-refractivity contribution in [2.45, 2.75) is 6.18 Å². The van der Waals surface area contributed by atoms with E-state index < -0.39 is 11.7 Å². The van der Waals surface area contributed by atoms with Crippen LogP contribution in [0.25, 0.3) is 5.69 Å². The van der Waals surface area contributed by atoms with Crippen molar-refractivity contribution < 1.29 is 13.2 Å². The van der Waals surface area contributed by atoms with Crippen molar-refractivity contribution in [3.8, 4) is 5.69 Å². The Balaban J connectivity index is 2.09. The molecule has 3 rings (SSSR count). The molecule has 0 atom stereocenters. The van der Waals surface area contributed by atoms with Gasteiger partial charge in [-0.25, -0.2) is 4.79 Å². The summed E-state index contributed by atoms with van der Waals surface area (Å²) in [4.78, 5) is 13.7. The van der Waals surface area contributed by atoms with E-state index in [2.05, 4.69) is 5.32 Å². The summed E-state index contributed by atoms with van der Waals surface area (Å²) in [7, 11) is 1.55. The van der Waals surface area contributed by atoms with Crippen LogP contribution in [0.2, 0.25) is 0 Å². The maximum absolute atomic E-state index is 13.5. The second kappa shape index (κ2) is 5.77. The van der Waals surface area contributed by atoms with Gasteiger partial charge in [0.2, 0.25) is 0 Å². The van der Waals surface area contributed by atoms with Crippen molar-refractivity contribution >= 4 is 5.69 Å². The fourth-order valence-electron chi connectivity index (χ4n) is 2.74. The highest BCUT2D eigenvalue weighted by atomic mass is 19.4. The van der Waals surface area contributed by atoms with Crippen LogP contribution in [0.1, 0.15) is 5.56 Å². The topological polar surface area (TPSA) is 42.2 Å². The molecule has 5 nitrogen and oxygen atoms in total. The molecule has 0 radical (unpaired) electrons. The molecule has 124 valence electrons. The number of nitrogens with zero attached hydrogens (tertiary/aromatic N) is 3. The van der Waals surface area contributed by atoms with Crippen LogP contribution in [0.3, 0.4) is 0 Å². The van der Waals surface area contributed by atoms with Crippen LogP contribution in [0.15, 0.2) is 35.4 Å². The number of benzene rings is 1. The van der Waals surface area contributed by atoms with Gasteiger partial charge in [-0.3, -0.25) is 4.57 Å². The fraction of sp³-hybridized carbons (Fsp3) is 0.400. The molecule has 1 aliphatic heterocycles. The number of rotatable bonds is 2. The van der Waals surface area contributed by atoms with Crippen LogP contribution in [-0.4, -0.2) is 35.3 Å². The van der Waals surface area contributed by atoms with Crippen molar-refractivity contribution in [1.29, 1.82) is 0 Å². The number of halogens is 3. The van der Waals surface area contributed by atoms with E-state index in [1.54, 1.807) is 18.0 Å². The van der Waals surface area contributed by atoms with E-state index in [1.165, 1.54) is 27.6 Å². The predicted octanol–water partition coefficient (Wildman–Crippen LogP) is 1.60. The quantitative estimate of drug-likeness (QED) is 0.912. The summed E-state index contributed by atoms with van der Waals surface area (Å²) in [5.41, 5.74) is -0.728. The van der Waals surface area contributed by atoms with E-state index in [0.29, 0.717) is 26.2 Å². The van der Waals surface area contributed by atoms with Crippen molar-refractivity contribution in [3.63, 3.8) is 0 Å². The van der Waals surface area contributed by atoms with Gasteiger partial charge in [0.1, 0.15) is 0 Å². The molecule has 0 bridgehead atoms. The zero-order chi connectivity index (χ0) is 16.6. The lowest BCUT2D eigenvalue weighted by molar-refractivity contribution is -0.137. The highest BCUT2D eigenvalue weighted by Crippen LogP contribution is 2.37. The SMILES string of the molecule is Cn1ccn(-c2ccc(N3CCNCC3)c(C(F)(F)F)c2)c1=O. The van der Waals surface area contributed by atoms with Crippen molar-refractivity contribution in [2.75, 3.05) is 31.1 Å². The molecule has 2 aromatic rings. The van der Waals surface area contributed by atoms with Gasteiger partial charge >= 0.3 is 11.9 Å². The third-order valence-electron chi connectivity index (χ3n) is 3.97. The van der Waals surface area contributed by atoms with Gasteiger partial charge in [-0.15, -0.1) is 0 Å². The first-order valence-electron chi connectivity index (χ1n) is 7.29. The Hall–Kier alpha value is -2.22. The lowest BCUT2D eigenvalue weighted by atomic mass is 10.1. The maximum Gasteiger partial charge on any atom is 0.418 e. The molecule has 0 unspecified atom stereocenters. The second-order valence-corrected chi connectivity index (χ2v) is 5.50. The third kappa shape index (κ3) is 2.98. The molecular formula is C15H17F3N4O. The summed E-state index contributed by atoms with van der Waals surface area (Å²) >= 11 is 0. The summed E-state index contributed by atoms with van der Waals surface area (Å²) < 4.78 is 42.9. The minimum Gasteiger partial charge on any atom is -0.368 e. The number of aryl methyl sites for hydroxylation is 1. The smallest absolute Gasteiger partial charge is 0.368 e. The molecule has 1 saturated heterocycles. The molecule has 1 aromatic heterocycles. The Morgan fingerprint density at radius 1 is 1.13 bits per heavy atom. The number of aromatic nitrogens is 2. The first-order valence-corrected chi connectivity index (χ1v) is 7.29. The molecule has 0 amide bonds. The van der Waals surface area contributed by atoms with E-state index in [1.807, 2.05) is 0 Å². The van der Waals surface area contributed by atoms with Crippen LogP contribution < -0.4 is 15.9 Å². The normalized spacial score (nSPS) is 15.9. The molecule has 0 aliphatic carbocycles. The van der Waals surface area contributed by atoms with Crippen LogP contribution in [-0.2, 0) is 13.2 Å². The number of piperazine rings is 1. The Labute approximate surface area is 130 Å². The third-order valence-corrected chi connectivity index (χ3v) is 3.97. The van der Waals surface area contributed by atoms with E-state index in [0.717, 1.165) is 6.07 Å². The van der Waals surface area contributed by atoms with Gasteiger partial charge in [0.05, 0.1) is 11.3 Å². The average molecular weight is 326 g/mol. The lowest BCUT2D eigenvalue weighted by Crippen LogP contribution is -2.44. The zero-order valence-electron chi connectivity index (χ0n) is 12.6. The molecule has 0 spiro atoms. The monoisotopic (exact) mass is 326 g/mol. The number of anilines is 1. The van der Waals surface area contributed by atoms with Gasteiger partial charge < -0.3 is 14.8 Å². The summed E-state index contributed by atoms with van der Waals surface area (Å²) in [6.07, 6.45) is -1.50. The summed E-state index contributed by atoms with van der Waals surface area (Å²) in [5.74, 6) is 0. The summed E-state index contributed by atoms with van der Waals surface area (Å²) in [6, 6.07) is 4.04. The van der Waals surface area contributed by atoms with Crippen LogP contribution in [0.4, 0.5) is 18.9 Å². The Morgan fingerprint density at radius 3 is 2.39 bits per heavy atom. The van der Waals surface area contributed by atoms with Gasteiger partial charge in [0.15, 0.2) is 0 Å². The van der Waals surface area contributed by atoms with E-state index >= 15 is 0 Å². The standard InChI is InChI=1S/C15H17F3N4O/c1-20-8-9-22(14(20)23)11-2-3-13(12(10-11)15(16,17)18)21-6-4-19-5-7-21/h2-3,8-10,19H,4-7H2,1H3. The minimum atomic E-state index is -4.48. The van der Waals surface area contributed by atoms with Gasteiger partial charge in [-0.2, -0.15) is 13.2 Å². The van der Waals surface area contributed by atoms with E-state index in [4.69, 9.17) is 0 Å². The van der Waals surface area contributed by atoms with Gasteiger partial charge in [0, 0.05) is 51.3 Å². The second-order valence-electron chi connectivity index (χ2n) is 5.50. The van der Waals surface area contributed by atoms with Crippen LogP contribution in [0.5, 0.6) is 0 Å². The van der Waals surface area contributed by atoms with Crippen molar-refractivity contribution in [1.82, 2.24) is 14.5 Å². The van der Waals surface area contributed by atoms with Gasteiger partial charge in [-0.05, 0) is 18.2 Å². The van der Waals surface area contributed by atoms with Crippen LogP contribution >= 0.6 is 0 Å².